The minimum atomic E-state index is -0.385. The van der Waals surface area contributed by atoms with Gasteiger partial charge in [0.2, 0.25) is 0 Å². The van der Waals surface area contributed by atoms with Gasteiger partial charge in [0.05, 0.1) is 0 Å². The summed E-state index contributed by atoms with van der Waals surface area (Å²) in [5, 5.41) is 0. The average Bonchev–Trinajstić information content (AvgIpc) is 2.53. The number of nitrogens with zero attached hydrogens (tertiary/aromatic N) is 1. The molecule has 0 bridgehead atoms. The fourth-order valence-corrected chi connectivity index (χ4v) is 2.59. The molecule has 0 N–H and O–H groups in total. The van der Waals surface area contributed by atoms with Crippen molar-refractivity contribution in [3.05, 3.63) is 35.9 Å². The van der Waals surface area contributed by atoms with E-state index in [-0.39, 0.29) is 18.1 Å². The van der Waals surface area contributed by atoms with E-state index in [0.717, 1.165) is 31.1 Å². The molecule has 2 rings (SSSR count). The molecule has 4 nitrogen and oxygen atoms in total. The molecule has 1 amide bonds. The zero-order valence-electron chi connectivity index (χ0n) is 11.9. The second kappa shape index (κ2) is 6.55. The maximum atomic E-state index is 12.1. The Morgan fingerprint density at radius 2 is 2.15 bits per heavy atom. The Morgan fingerprint density at radius 1 is 1.40 bits per heavy atom. The molecule has 1 aromatic carbocycles. The Bertz CT molecular complexity index is 460. The molecule has 1 saturated heterocycles. The van der Waals surface area contributed by atoms with Crippen molar-refractivity contribution in [3.63, 3.8) is 0 Å². The third-order valence-electron chi connectivity index (χ3n) is 4.03. The Morgan fingerprint density at radius 3 is 2.80 bits per heavy atom. The number of benzene rings is 1. The van der Waals surface area contributed by atoms with Crippen molar-refractivity contribution in [1.82, 2.24) is 4.90 Å². The average molecular weight is 275 g/mol. The molecule has 1 aliphatic heterocycles. The molecular weight excluding hydrogens is 254 g/mol. The molecule has 20 heavy (non-hydrogen) atoms. The molecule has 1 heterocycles. The van der Waals surface area contributed by atoms with Crippen molar-refractivity contribution >= 4 is 12.4 Å². The molecule has 4 heteroatoms. The first-order valence-electron chi connectivity index (χ1n) is 7.11. The highest BCUT2D eigenvalue weighted by molar-refractivity contribution is 5.69. The molecule has 0 saturated carbocycles. The number of ether oxygens (including phenoxy) is 1. The van der Waals surface area contributed by atoms with Crippen molar-refractivity contribution in [2.75, 3.05) is 13.1 Å². The van der Waals surface area contributed by atoms with Crippen LogP contribution in [0.15, 0.2) is 30.3 Å². The summed E-state index contributed by atoms with van der Waals surface area (Å²) in [6, 6.07) is 9.60. The smallest absolute Gasteiger partial charge is 0.410 e. The Kier molecular flexibility index (Phi) is 4.77. The SMILES string of the molecule is CCC1(C=O)CCCN(C(=O)OCc2ccccc2)C1. The van der Waals surface area contributed by atoms with Gasteiger partial charge in [-0.25, -0.2) is 4.79 Å². The van der Waals surface area contributed by atoms with E-state index in [2.05, 4.69) is 0 Å². The van der Waals surface area contributed by atoms with E-state index < -0.39 is 0 Å². The van der Waals surface area contributed by atoms with E-state index in [4.69, 9.17) is 4.74 Å². The molecule has 0 aliphatic carbocycles. The predicted octanol–water partition coefficient (Wildman–Crippen LogP) is 3.01. The summed E-state index contributed by atoms with van der Waals surface area (Å²) in [5.41, 5.74) is 0.583. The van der Waals surface area contributed by atoms with Gasteiger partial charge in [-0.1, -0.05) is 37.3 Å². The van der Waals surface area contributed by atoms with Gasteiger partial charge < -0.3 is 14.4 Å². The Labute approximate surface area is 119 Å². The lowest BCUT2D eigenvalue weighted by Gasteiger charge is -2.38. The Hall–Kier alpha value is -1.84. The van der Waals surface area contributed by atoms with Gasteiger partial charge in [-0.2, -0.15) is 0 Å². The number of amides is 1. The monoisotopic (exact) mass is 275 g/mol. The van der Waals surface area contributed by atoms with E-state index in [0.29, 0.717) is 13.1 Å². The minimum absolute atomic E-state index is 0.274. The summed E-state index contributed by atoms with van der Waals surface area (Å²) in [6.07, 6.45) is 3.15. The van der Waals surface area contributed by atoms with Crippen LogP contribution in [0, 0.1) is 5.41 Å². The third kappa shape index (κ3) is 3.38. The zero-order valence-corrected chi connectivity index (χ0v) is 11.9. The quantitative estimate of drug-likeness (QED) is 0.793. The third-order valence-corrected chi connectivity index (χ3v) is 4.03. The lowest BCUT2D eigenvalue weighted by Crippen LogP contribution is -2.46. The second-order valence-electron chi connectivity index (χ2n) is 5.40. The van der Waals surface area contributed by atoms with Crippen LogP contribution in [0.2, 0.25) is 0 Å². The van der Waals surface area contributed by atoms with Crippen molar-refractivity contribution in [3.8, 4) is 0 Å². The van der Waals surface area contributed by atoms with Gasteiger partial charge in [0.25, 0.3) is 0 Å². The lowest BCUT2D eigenvalue weighted by molar-refractivity contribution is -0.119. The number of piperidine rings is 1. The van der Waals surface area contributed by atoms with Crippen molar-refractivity contribution in [2.45, 2.75) is 32.8 Å². The summed E-state index contributed by atoms with van der Waals surface area (Å²) >= 11 is 0. The summed E-state index contributed by atoms with van der Waals surface area (Å²) in [7, 11) is 0. The van der Waals surface area contributed by atoms with Gasteiger partial charge in [0, 0.05) is 18.5 Å². The molecule has 1 fully saturated rings. The lowest BCUT2D eigenvalue weighted by atomic mass is 9.79. The van der Waals surface area contributed by atoms with E-state index >= 15 is 0 Å². The number of hydrogen-bond acceptors (Lipinski definition) is 3. The Balaban J connectivity index is 1.90. The normalized spacial score (nSPS) is 22.4. The second-order valence-corrected chi connectivity index (χ2v) is 5.40. The van der Waals surface area contributed by atoms with Crippen LogP contribution in [0.3, 0.4) is 0 Å². The largest absolute Gasteiger partial charge is 0.445 e. The van der Waals surface area contributed by atoms with Crippen LogP contribution in [0.4, 0.5) is 4.79 Å². The number of aldehydes is 1. The van der Waals surface area contributed by atoms with E-state index in [9.17, 15) is 9.59 Å². The summed E-state index contributed by atoms with van der Waals surface area (Å²) in [6.45, 7) is 3.41. The maximum absolute atomic E-state index is 12.1. The van der Waals surface area contributed by atoms with Crippen LogP contribution in [0.1, 0.15) is 31.7 Å². The maximum Gasteiger partial charge on any atom is 0.410 e. The van der Waals surface area contributed by atoms with Crippen molar-refractivity contribution < 1.29 is 14.3 Å². The van der Waals surface area contributed by atoms with Crippen LogP contribution >= 0.6 is 0 Å². The number of likely N-dealkylation sites (tertiary alicyclic amines) is 1. The van der Waals surface area contributed by atoms with Gasteiger partial charge in [-0.15, -0.1) is 0 Å². The molecule has 1 unspecified atom stereocenters. The van der Waals surface area contributed by atoms with Gasteiger partial charge in [-0.05, 0) is 24.8 Å². The van der Waals surface area contributed by atoms with E-state index in [1.165, 1.54) is 0 Å². The predicted molar refractivity (Wildman–Crippen MR) is 76.2 cm³/mol. The number of carbonyl (C=O) groups excluding carboxylic acids is 2. The highest BCUT2D eigenvalue weighted by Crippen LogP contribution is 2.31. The molecule has 0 spiro atoms. The first kappa shape index (κ1) is 14.6. The van der Waals surface area contributed by atoms with Crippen molar-refractivity contribution in [2.24, 2.45) is 5.41 Å². The molecule has 1 aromatic rings. The first-order valence-corrected chi connectivity index (χ1v) is 7.11. The van der Waals surface area contributed by atoms with Crippen LogP contribution in [0.25, 0.3) is 0 Å². The number of rotatable bonds is 4. The molecular formula is C16H21NO3. The van der Waals surface area contributed by atoms with Gasteiger partial charge in [-0.3, -0.25) is 0 Å². The molecule has 0 aromatic heterocycles. The van der Waals surface area contributed by atoms with Gasteiger partial charge >= 0.3 is 6.09 Å². The molecule has 0 radical (unpaired) electrons. The molecule has 108 valence electrons. The molecule has 1 aliphatic rings. The standard InChI is InChI=1S/C16H21NO3/c1-2-16(13-18)9-6-10-17(12-16)15(19)20-11-14-7-4-3-5-8-14/h3-5,7-8,13H,2,6,9-12H2,1H3. The highest BCUT2D eigenvalue weighted by atomic mass is 16.6. The van der Waals surface area contributed by atoms with Gasteiger partial charge in [0.1, 0.15) is 12.9 Å². The van der Waals surface area contributed by atoms with Gasteiger partial charge in [0.15, 0.2) is 0 Å². The molecule has 1 atom stereocenters. The first-order chi connectivity index (χ1) is 9.69. The fraction of sp³-hybridized carbons (Fsp3) is 0.500. The minimum Gasteiger partial charge on any atom is -0.445 e. The van der Waals surface area contributed by atoms with Crippen LogP contribution in [-0.2, 0) is 16.1 Å². The van der Waals surface area contributed by atoms with E-state index in [1.54, 1.807) is 4.90 Å². The van der Waals surface area contributed by atoms with Crippen LogP contribution in [0.5, 0.6) is 0 Å². The van der Waals surface area contributed by atoms with Crippen LogP contribution in [-0.4, -0.2) is 30.4 Å². The fourth-order valence-electron chi connectivity index (χ4n) is 2.59. The van der Waals surface area contributed by atoms with E-state index in [1.807, 2.05) is 37.3 Å². The summed E-state index contributed by atoms with van der Waals surface area (Å²) in [5.74, 6) is 0. The number of carbonyl (C=O) groups is 2. The van der Waals surface area contributed by atoms with Crippen molar-refractivity contribution in [1.29, 1.82) is 0 Å². The highest BCUT2D eigenvalue weighted by Gasteiger charge is 2.36. The topological polar surface area (TPSA) is 46.6 Å². The summed E-state index contributed by atoms with van der Waals surface area (Å²) in [4.78, 5) is 25.0. The van der Waals surface area contributed by atoms with Crippen LogP contribution < -0.4 is 0 Å². The zero-order chi connectivity index (χ0) is 14.4. The summed E-state index contributed by atoms with van der Waals surface area (Å²) < 4.78 is 5.32. The number of hydrogen-bond donors (Lipinski definition) is 0.